The van der Waals surface area contributed by atoms with Crippen molar-refractivity contribution in [2.75, 3.05) is 33.3 Å². The van der Waals surface area contributed by atoms with E-state index in [2.05, 4.69) is 10.2 Å². The molecule has 0 bridgehead atoms. The molecular weight excluding hydrogens is 294 g/mol. The standard InChI is InChI=1S/C17H23N3O3/c1-19-17(22)14-6-8-20(9-7-14)11-15(21)12-23-16-4-2-13(10-18)3-5-16/h2-5,14-15,21H,6-9,11-12H2,1H3,(H,19,22). The van der Waals surface area contributed by atoms with E-state index < -0.39 is 6.10 Å². The minimum atomic E-state index is -0.581. The maximum Gasteiger partial charge on any atom is 0.222 e. The van der Waals surface area contributed by atoms with Gasteiger partial charge in [0, 0.05) is 19.5 Å². The fourth-order valence-corrected chi connectivity index (χ4v) is 2.75. The number of hydrogen-bond donors (Lipinski definition) is 2. The zero-order chi connectivity index (χ0) is 16.7. The Morgan fingerprint density at radius 3 is 2.65 bits per heavy atom. The van der Waals surface area contributed by atoms with Crippen LogP contribution in [0.1, 0.15) is 18.4 Å². The van der Waals surface area contributed by atoms with Crippen molar-refractivity contribution in [2.24, 2.45) is 5.92 Å². The van der Waals surface area contributed by atoms with Crippen molar-refractivity contribution in [1.82, 2.24) is 10.2 Å². The molecule has 0 aliphatic carbocycles. The Kier molecular flexibility index (Phi) is 6.39. The predicted molar refractivity (Wildman–Crippen MR) is 85.9 cm³/mol. The third-order valence-electron chi connectivity index (χ3n) is 4.10. The van der Waals surface area contributed by atoms with Crippen LogP contribution in [0.4, 0.5) is 0 Å². The summed E-state index contributed by atoms with van der Waals surface area (Å²) in [6.45, 7) is 2.37. The Morgan fingerprint density at radius 1 is 1.43 bits per heavy atom. The molecule has 1 unspecified atom stereocenters. The molecular formula is C17H23N3O3. The van der Waals surface area contributed by atoms with Gasteiger partial charge in [0.05, 0.1) is 11.6 Å². The quantitative estimate of drug-likeness (QED) is 0.809. The van der Waals surface area contributed by atoms with E-state index in [9.17, 15) is 9.90 Å². The molecule has 1 aromatic rings. The Hall–Kier alpha value is -2.10. The molecule has 1 aliphatic heterocycles. The number of carbonyl (C=O) groups is 1. The molecule has 6 heteroatoms. The van der Waals surface area contributed by atoms with E-state index in [0.717, 1.165) is 25.9 Å². The van der Waals surface area contributed by atoms with Crippen LogP contribution in [0.25, 0.3) is 0 Å². The van der Waals surface area contributed by atoms with Gasteiger partial charge in [0.15, 0.2) is 0 Å². The number of benzene rings is 1. The van der Waals surface area contributed by atoms with E-state index in [-0.39, 0.29) is 18.4 Å². The monoisotopic (exact) mass is 317 g/mol. The Morgan fingerprint density at radius 2 is 2.09 bits per heavy atom. The van der Waals surface area contributed by atoms with E-state index in [4.69, 9.17) is 10.00 Å². The van der Waals surface area contributed by atoms with Crippen LogP contribution in [0.15, 0.2) is 24.3 Å². The molecule has 1 atom stereocenters. The van der Waals surface area contributed by atoms with Crippen molar-refractivity contribution in [3.05, 3.63) is 29.8 Å². The van der Waals surface area contributed by atoms with Crippen LogP contribution in [-0.2, 0) is 4.79 Å². The summed E-state index contributed by atoms with van der Waals surface area (Å²) in [5.41, 5.74) is 0.580. The van der Waals surface area contributed by atoms with Gasteiger partial charge in [0.25, 0.3) is 0 Å². The first kappa shape index (κ1) is 17.3. The molecule has 2 N–H and O–H groups in total. The number of nitriles is 1. The summed E-state index contributed by atoms with van der Waals surface area (Å²) >= 11 is 0. The van der Waals surface area contributed by atoms with Gasteiger partial charge in [-0.1, -0.05) is 0 Å². The van der Waals surface area contributed by atoms with Crippen molar-refractivity contribution in [3.8, 4) is 11.8 Å². The molecule has 0 aromatic heterocycles. The highest BCUT2D eigenvalue weighted by Gasteiger charge is 2.25. The average molecular weight is 317 g/mol. The highest BCUT2D eigenvalue weighted by Crippen LogP contribution is 2.17. The molecule has 124 valence electrons. The summed E-state index contributed by atoms with van der Waals surface area (Å²) in [5.74, 6) is 0.832. The summed E-state index contributed by atoms with van der Waals surface area (Å²) in [4.78, 5) is 13.7. The van der Waals surface area contributed by atoms with Crippen molar-refractivity contribution in [3.63, 3.8) is 0 Å². The molecule has 1 aliphatic rings. The Labute approximate surface area is 136 Å². The molecule has 1 fully saturated rings. The lowest BCUT2D eigenvalue weighted by Gasteiger charge is -2.32. The molecule has 23 heavy (non-hydrogen) atoms. The molecule has 0 saturated carbocycles. The molecule has 1 aromatic carbocycles. The van der Waals surface area contributed by atoms with E-state index in [1.165, 1.54) is 0 Å². The zero-order valence-corrected chi connectivity index (χ0v) is 13.4. The zero-order valence-electron chi connectivity index (χ0n) is 13.4. The molecule has 0 spiro atoms. The molecule has 1 heterocycles. The van der Waals surface area contributed by atoms with E-state index >= 15 is 0 Å². The molecule has 2 rings (SSSR count). The largest absolute Gasteiger partial charge is 0.491 e. The van der Waals surface area contributed by atoms with Crippen LogP contribution < -0.4 is 10.1 Å². The number of aliphatic hydroxyl groups is 1. The first-order valence-electron chi connectivity index (χ1n) is 7.87. The lowest BCUT2D eigenvalue weighted by atomic mass is 9.96. The summed E-state index contributed by atoms with van der Waals surface area (Å²) in [7, 11) is 1.67. The van der Waals surface area contributed by atoms with Crippen LogP contribution in [-0.4, -0.2) is 55.3 Å². The Bertz CT molecular complexity index is 545. The smallest absolute Gasteiger partial charge is 0.222 e. The van der Waals surface area contributed by atoms with Gasteiger partial charge in [-0.15, -0.1) is 0 Å². The van der Waals surface area contributed by atoms with Gasteiger partial charge < -0.3 is 20.1 Å². The number of ether oxygens (including phenoxy) is 1. The molecule has 1 saturated heterocycles. The average Bonchev–Trinajstić information content (AvgIpc) is 2.60. The summed E-state index contributed by atoms with van der Waals surface area (Å²) in [6.07, 6.45) is 1.06. The van der Waals surface area contributed by atoms with Gasteiger partial charge in [-0.2, -0.15) is 5.26 Å². The van der Waals surface area contributed by atoms with E-state index in [1.807, 2.05) is 6.07 Å². The van der Waals surface area contributed by atoms with Crippen LogP contribution >= 0.6 is 0 Å². The number of amides is 1. The van der Waals surface area contributed by atoms with Crippen molar-refractivity contribution in [2.45, 2.75) is 18.9 Å². The van der Waals surface area contributed by atoms with Crippen LogP contribution in [0.3, 0.4) is 0 Å². The number of nitrogens with zero attached hydrogens (tertiary/aromatic N) is 2. The molecule has 0 radical (unpaired) electrons. The SMILES string of the molecule is CNC(=O)C1CCN(CC(O)COc2ccc(C#N)cc2)CC1. The van der Waals surface area contributed by atoms with Crippen LogP contribution in [0, 0.1) is 17.2 Å². The van der Waals surface area contributed by atoms with Crippen molar-refractivity contribution < 1.29 is 14.6 Å². The fraction of sp³-hybridized carbons (Fsp3) is 0.529. The van der Waals surface area contributed by atoms with Gasteiger partial charge in [0.1, 0.15) is 18.5 Å². The second-order valence-corrected chi connectivity index (χ2v) is 5.79. The molecule has 6 nitrogen and oxygen atoms in total. The third-order valence-corrected chi connectivity index (χ3v) is 4.10. The summed E-state index contributed by atoms with van der Waals surface area (Å²) < 4.78 is 5.54. The predicted octanol–water partition coefficient (Wildman–Crippen LogP) is 0.756. The highest BCUT2D eigenvalue weighted by molar-refractivity contribution is 5.78. The number of likely N-dealkylation sites (tertiary alicyclic amines) is 1. The van der Waals surface area contributed by atoms with Gasteiger partial charge >= 0.3 is 0 Å². The van der Waals surface area contributed by atoms with E-state index in [0.29, 0.717) is 17.9 Å². The number of β-amino-alcohol motifs (C(OH)–C–C–N with tert-alkyl or cyclic N) is 1. The van der Waals surface area contributed by atoms with Gasteiger partial charge in [-0.05, 0) is 50.2 Å². The molecule has 1 amide bonds. The highest BCUT2D eigenvalue weighted by atomic mass is 16.5. The fourth-order valence-electron chi connectivity index (χ4n) is 2.75. The van der Waals surface area contributed by atoms with Gasteiger partial charge in [0.2, 0.25) is 5.91 Å². The van der Waals surface area contributed by atoms with Crippen LogP contribution in [0.2, 0.25) is 0 Å². The first-order chi connectivity index (χ1) is 11.1. The van der Waals surface area contributed by atoms with Gasteiger partial charge in [-0.25, -0.2) is 0 Å². The van der Waals surface area contributed by atoms with Crippen molar-refractivity contribution in [1.29, 1.82) is 5.26 Å². The number of nitrogens with one attached hydrogen (secondary N) is 1. The minimum Gasteiger partial charge on any atom is -0.491 e. The summed E-state index contributed by atoms with van der Waals surface area (Å²) in [6, 6.07) is 8.87. The number of hydrogen-bond acceptors (Lipinski definition) is 5. The minimum absolute atomic E-state index is 0.0864. The third kappa shape index (κ3) is 5.23. The first-order valence-corrected chi connectivity index (χ1v) is 7.87. The number of piperidine rings is 1. The normalized spacial score (nSPS) is 17.3. The second-order valence-electron chi connectivity index (χ2n) is 5.79. The lowest BCUT2D eigenvalue weighted by Crippen LogP contribution is -2.43. The number of carbonyl (C=O) groups excluding carboxylic acids is 1. The van der Waals surface area contributed by atoms with E-state index in [1.54, 1.807) is 31.3 Å². The topological polar surface area (TPSA) is 85.6 Å². The lowest BCUT2D eigenvalue weighted by molar-refractivity contribution is -0.126. The Balaban J connectivity index is 1.70. The maximum atomic E-state index is 11.6. The maximum absolute atomic E-state index is 11.6. The van der Waals surface area contributed by atoms with Gasteiger partial charge in [-0.3, -0.25) is 4.79 Å². The summed E-state index contributed by atoms with van der Waals surface area (Å²) in [5, 5.41) is 21.5. The van der Waals surface area contributed by atoms with Crippen LogP contribution in [0.5, 0.6) is 5.75 Å². The van der Waals surface area contributed by atoms with Crippen molar-refractivity contribution >= 4 is 5.91 Å². The second kappa shape index (κ2) is 8.51. The number of aliphatic hydroxyl groups excluding tert-OH is 1. The number of rotatable bonds is 6.